The van der Waals surface area contributed by atoms with Crippen molar-refractivity contribution in [3.8, 4) is 0 Å². The fraction of sp³-hybridized carbons (Fsp3) is 0.231. The molecule has 0 aliphatic carbocycles. The summed E-state index contributed by atoms with van der Waals surface area (Å²) in [5.41, 5.74) is 10.5. The molecule has 336 valence electrons. The number of nitrogens with two attached hydrogens (primary N) is 1. The van der Waals surface area contributed by atoms with E-state index in [0.717, 1.165) is 23.0 Å². The molecular formula is C52H52N2O11. The average Bonchev–Trinajstić information content (AvgIpc) is 3.33. The van der Waals surface area contributed by atoms with Gasteiger partial charge in [0.2, 0.25) is 18.3 Å². The maximum atomic E-state index is 14.1. The summed E-state index contributed by atoms with van der Waals surface area (Å²) in [4.78, 5) is 66.2. The van der Waals surface area contributed by atoms with Crippen LogP contribution in [0.4, 0.5) is 0 Å². The lowest BCUT2D eigenvalue weighted by molar-refractivity contribution is -0.279. The Hall–Kier alpha value is -7.64. The van der Waals surface area contributed by atoms with Crippen molar-refractivity contribution in [2.45, 2.75) is 64.3 Å². The number of esters is 4. The van der Waals surface area contributed by atoms with Crippen LogP contribution in [0.5, 0.6) is 0 Å². The Labute approximate surface area is 378 Å². The molecule has 0 spiro atoms. The first-order valence-corrected chi connectivity index (χ1v) is 21.0. The summed E-state index contributed by atoms with van der Waals surface area (Å²) in [6, 6.07) is 37.9. The van der Waals surface area contributed by atoms with Crippen LogP contribution < -0.4 is 5.73 Å². The number of hydrogen-bond donors (Lipinski definition) is 2. The zero-order valence-corrected chi connectivity index (χ0v) is 36.2. The highest BCUT2D eigenvalue weighted by atomic mass is 16.7. The number of benzene rings is 5. The van der Waals surface area contributed by atoms with Crippen LogP contribution in [0.25, 0.3) is 6.08 Å². The molecule has 1 aliphatic rings. The second-order valence-electron chi connectivity index (χ2n) is 15.4. The Balaban J connectivity index is 0.00000817. The molecule has 6 rings (SSSR count). The number of carbonyl (C=O) groups excluding carboxylic acids is 5. The van der Waals surface area contributed by atoms with Gasteiger partial charge in [0.25, 0.3) is 0 Å². The molecule has 5 aromatic rings. The number of allylic oxidation sites excluding steroid dienone is 2. The van der Waals surface area contributed by atoms with Crippen LogP contribution in [0.1, 0.15) is 79.8 Å². The summed E-state index contributed by atoms with van der Waals surface area (Å²) in [5, 5.41) is 9.48. The van der Waals surface area contributed by atoms with Crippen molar-refractivity contribution in [3.63, 3.8) is 0 Å². The van der Waals surface area contributed by atoms with Crippen LogP contribution in [0.2, 0.25) is 0 Å². The Morgan fingerprint density at radius 2 is 1.15 bits per heavy atom. The minimum atomic E-state index is -1.75. The smallest absolute Gasteiger partial charge is 0.338 e. The molecule has 1 heterocycles. The third-order valence-electron chi connectivity index (χ3n) is 10.5. The highest BCUT2D eigenvalue weighted by Crippen LogP contribution is 2.33. The van der Waals surface area contributed by atoms with Crippen LogP contribution in [0, 0.1) is 18.3 Å². The van der Waals surface area contributed by atoms with Crippen LogP contribution in [0.3, 0.4) is 0 Å². The van der Waals surface area contributed by atoms with Gasteiger partial charge in [-0.05, 0) is 78.1 Å². The molecule has 5 aromatic carbocycles. The van der Waals surface area contributed by atoms with Crippen molar-refractivity contribution >= 4 is 42.1 Å². The molecule has 5 atom stereocenters. The molecule has 0 unspecified atom stereocenters. The summed E-state index contributed by atoms with van der Waals surface area (Å²) in [5.74, 6) is -4.06. The topological polar surface area (TPSA) is 191 Å². The van der Waals surface area contributed by atoms with Gasteiger partial charge < -0.3 is 38.9 Å². The standard InChI is InChI=1S/C52H50N2O11.H2/c1-33(2)43(53)41(31-40-28-27-35(30-34(40)3)18-16-17-29-55)47(54)65-52-46(64-51(59)39-25-14-7-15-26-39)45(63-50(58)38-23-12-6-13-24-38)44(62-49(57)37-21-10-5-11-22-37)42(61-52)32-60-48(56)36-19-8-4-9-20-36;/h4-16,18-30,33,42,44-46,52,54H,17,31-32,53H2,1-3H3;1H/b18-16+,43-41-,54-47?;/t42-,44-,45+,46-,52+;/m1./s1. The van der Waals surface area contributed by atoms with Crippen molar-refractivity contribution in [3.05, 3.63) is 196 Å². The zero-order valence-electron chi connectivity index (χ0n) is 36.2. The second-order valence-corrected chi connectivity index (χ2v) is 15.4. The maximum absolute atomic E-state index is 14.1. The predicted octanol–water partition coefficient (Wildman–Crippen LogP) is 8.51. The Kier molecular flexibility index (Phi) is 16.3. The van der Waals surface area contributed by atoms with Gasteiger partial charge >= 0.3 is 23.9 Å². The highest BCUT2D eigenvalue weighted by Gasteiger charge is 2.54. The SMILES string of the molecule is Cc1cc(/C=C/CC=O)ccc1C/C(C(=N)O[C@@H]1O[C@H](COC(=O)c2ccccc2)[C@@H](OC(=O)c2ccccc2)[C@H](OC(=O)c2ccccc2)[C@H]1OC(=O)c1ccccc1)=C(/N)C(C)C.[HH]. The minimum absolute atomic E-state index is 0. The molecule has 1 saturated heterocycles. The van der Waals surface area contributed by atoms with E-state index >= 15 is 0 Å². The molecule has 0 amide bonds. The molecule has 3 N–H and O–H groups in total. The molecular weight excluding hydrogens is 829 g/mol. The second kappa shape index (κ2) is 22.6. The van der Waals surface area contributed by atoms with Gasteiger partial charge in [0.15, 0.2) is 12.2 Å². The van der Waals surface area contributed by atoms with Gasteiger partial charge in [-0.25, -0.2) is 19.2 Å². The van der Waals surface area contributed by atoms with Gasteiger partial charge in [0.1, 0.15) is 19.0 Å². The number of hydrogen-bond acceptors (Lipinski definition) is 13. The van der Waals surface area contributed by atoms with Crippen LogP contribution in [-0.2, 0) is 39.6 Å². The summed E-state index contributed by atoms with van der Waals surface area (Å²) in [7, 11) is 0. The molecule has 0 radical (unpaired) electrons. The van der Waals surface area contributed by atoms with Gasteiger partial charge in [-0.3, -0.25) is 5.41 Å². The van der Waals surface area contributed by atoms with Gasteiger partial charge in [-0.2, -0.15) is 0 Å². The Morgan fingerprint density at radius 3 is 1.63 bits per heavy atom. The number of ether oxygens (including phenoxy) is 6. The van der Waals surface area contributed by atoms with E-state index in [1.807, 2.05) is 45.0 Å². The molecule has 0 bridgehead atoms. The Morgan fingerprint density at radius 1 is 0.677 bits per heavy atom. The number of aryl methyl sites for hydroxylation is 1. The van der Waals surface area contributed by atoms with E-state index in [1.54, 1.807) is 91.0 Å². The largest absolute Gasteiger partial charge is 0.459 e. The normalized spacial score (nSPS) is 18.5. The van der Waals surface area contributed by atoms with Crippen LogP contribution in [-0.4, -0.2) is 73.4 Å². The molecule has 1 fully saturated rings. The lowest BCUT2D eigenvalue weighted by atomic mass is 9.94. The van der Waals surface area contributed by atoms with Crippen molar-refractivity contribution in [1.29, 1.82) is 5.41 Å². The highest BCUT2D eigenvalue weighted by molar-refractivity contribution is 5.93. The molecule has 65 heavy (non-hydrogen) atoms. The van der Waals surface area contributed by atoms with Crippen molar-refractivity contribution in [2.24, 2.45) is 11.7 Å². The van der Waals surface area contributed by atoms with E-state index in [-0.39, 0.29) is 48.0 Å². The van der Waals surface area contributed by atoms with Crippen LogP contribution in [0.15, 0.2) is 157 Å². The minimum Gasteiger partial charge on any atom is -0.459 e. The van der Waals surface area contributed by atoms with Gasteiger partial charge in [-0.1, -0.05) is 117 Å². The number of rotatable bonds is 17. The van der Waals surface area contributed by atoms with Gasteiger partial charge in [0.05, 0.1) is 22.3 Å². The number of nitrogens with one attached hydrogen (secondary N) is 1. The van der Waals surface area contributed by atoms with Crippen molar-refractivity contribution in [2.75, 3.05) is 6.61 Å². The van der Waals surface area contributed by atoms with Crippen molar-refractivity contribution < 1.29 is 53.8 Å². The summed E-state index contributed by atoms with van der Waals surface area (Å²) < 4.78 is 37.1. The fourth-order valence-corrected chi connectivity index (χ4v) is 6.94. The molecule has 13 nitrogen and oxygen atoms in total. The molecule has 0 aromatic heterocycles. The first-order chi connectivity index (χ1) is 31.4. The van der Waals surface area contributed by atoms with E-state index in [0.29, 0.717) is 5.70 Å². The van der Waals surface area contributed by atoms with Crippen LogP contribution >= 0.6 is 0 Å². The van der Waals surface area contributed by atoms with E-state index in [2.05, 4.69) is 0 Å². The summed E-state index contributed by atoms with van der Waals surface area (Å²) in [6.45, 7) is 5.06. The average molecular weight is 881 g/mol. The quantitative estimate of drug-likeness (QED) is 0.0298. The maximum Gasteiger partial charge on any atom is 0.338 e. The fourth-order valence-electron chi connectivity index (χ4n) is 6.94. The Bertz CT molecular complexity index is 2520. The lowest BCUT2D eigenvalue weighted by Gasteiger charge is -2.44. The van der Waals surface area contributed by atoms with Gasteiger partial charge in [-0.15, -0.1) is 0 Å². The summed E-state index contributed by atoms with van der Waals surface area (Å²) in [6.07, 6.45) is -3.38. The van der Waals surface area contributed by atoms with E-state index in [4.69, 9.17) is 34.2 Å². The molecule has 0 saturated carbocycles. The zero-order chi connectivity index (χ0) is 46.3. The third-order valence-corrected chi connectivity index (χ3v) is 10.5. The molecule has 13 heteroatoms. The number of carbonyl (C=O) groups is 5. The lowest BCUT2D eigenvalue weighted by Crippen LogP contribution is -2.63. The molecule has 1 aliphatic heterocycles. The monoisotopic (exact) mass is 880 g/mol. The van der Waals surface area contributed by atoms with E-state index in [9.17, 15) is 29.4 Å². The van der Waals surface area contributed by atoms with Gasteiger partial charge in [0, 0.05) is 25.5 Å². The predicted molar refractivity (Wildman–Crippen MR) is 244 cm³/mol. The first-order valence-electron chi connectivity index (χ1n) is 21.0. The van der Waals surface area contributed by atoms with E-state index < -0.39 is 67.1 Å². The third kappa shape index (κ3) is 12.5. The van der Waals surface area contributed by atoms with Crippen molar-refractivity contribution in [1.82, 2.24) is 0 Å². The number of aldehydes is 1. The summed E-state index contributed by atoms with van der Waals surface area (Å²) >= 11 is 0. The first kappa shape index (κ1) is 46.9. The van der Waals surface area contributed by atoms with E-state index in [1.165, 1.54) is 36.4 Å².